The molecule has 0 saturated heterocycles. The molecule has 204 valence electrons. The molecule has 9 heteroatoms. The molecule has 3 aromatic carbocycles. The van der Waals surface area contributed by atoms with Crippen molar-refractivity contribution in [3.63, 3.8) is 0 Å². The van der Waals surface area contributed by atoms with E-state index in [1.807, 2.05) is 54.6 Å². The van der Waals surface area contributed by atoms with Crippen molar-refractivity contribution in [3.8, 4) is 11.5 Å². The number of benzene rings is 3. The molecule has 0 spiro atoms. The first kappa shape index (κ1) is 27.6. The van der Waals surface area contributed by atoms with Crippen LogP contribution in [0, 0.1) is 5.92 Å². The number of carbonyl (C=O) groups is 2. The third kappa shape index (κ3) is 6.54. The molecule has 0 aliphatic heterocycles. The van der Waals surface area contributed by atoms with E-state index in [2.05, 4.69) is 29.5 Å². The Morgan fingerprint density at radius 2 is 1.69 bits per heavy atom. The first-order valence-corrected chi connectivity index (χ1v) is 13.0. The summed E-state index contributed by atoms with van der Waals surface area (Å²) < 4.78 is 12.8. The van der Waals surface area contributed by atoms with Gasteiger partial charge in [0.25, 0.3) is 0 Å². The Morgan fingerprint density at radius 1 is 0.949 bits per heavy atom. The standard InChI is InChI=1S/C30H35N5O4/c1-21(2)17-18-31-30(37)28(23-13-10-16-26(38-3)29(23)39-4)34(19-22-11-6-5-7-12-22)27(36)20-35-25-15-9-8-14-24(25)32-33-35/h5-16,21,28H,17-20H2,1-4H3,(H,31,37). The quantitative estimate of drug-likeness (QED) is 0.292. The van der Waals surface area contributed by atoms with Crippen molar-refractivity contribution in [2.24, 2.45) is 5.92 Å². The lowest BCUT2D eigenvalue weighted by atomic mass is 10.0. The smallest absolute Gasteiger partial charge is 0.247 e. The van der Waals surface area contributed by atoms with Crippen LogP contribution in [0.2, 0.25) is 0 Å². The number of hydrogen-bond acceptors (Lipinski definition) is 6. The summed E-state index contributed by atoms with van der Waals surface area (Å²) in [6.45, 7) is 4.80. The Hall–Kier alpha value is -4.40. The molecule has 2 amide bonds. The highest BCUT2D eigenvalue weighted by atomic mass is 16.5. The number of ether oxygens (including phenoxy) is 2. The van der Waals surface area contributed by atoms with Gasteiger partial charge in [-0.1, -0.05) is 73.7 Å². The Labute approximate surface area is 228 Å². The van der Waals surface area contributed by atoms with Crippen LogP contribution in [-0.4, -0.2) is 52.5 Å². The normalized spacial score (nSPS) is 11.8. The van der Waals surface area contributed by atoms with Gasteiger partial charge in [0.2, 0.25) is 11.8 Å². The van der Waals surface area contributed by atoms with Crippen molar-refractivity contribution in [3.05, 3.63) is 83.9 Å². The fraction of sp³-hybridized carbons (Fsp3) is 0.333. The highest BCUT2D eigenvalue weighted by Gasteiger charge is 2.35. The fourth-order valence-electron chi connectivity index (χ4n) is 4.52. The van der Waals surface area contributed by atoms with Crippen molar-refractivity contribution in [1.82, 2.24) is 25.2 Å². The second kappa shape index (κ2) is 12.9. The number of aromatic nitrogens is 3. The van der Waals surface area contributed by atoms with Gasteiger partial charge in [0.15, 0.2) is 11.5 Å². The lowest BCUT2D eigenvalue weighted by Crippen LogP contribution is -2.45. The van der Waals surface area contributed by atoms with E-state index >= 15 is 0 Å². The summed E-state index contributed by atoms with van der Waals surface area (Å²) in [6, 6.07) is 21.4. The molecule has 1 atom stereocenters. The monoisotopic (exact) mass is 529 g/mol. The van der Waals surface area contributed by atoms with Crippen LogP contribution in [0.3, 0.4) is 0 Å². The molecule has 4 aromatic rings. The summed E-state index contributed by atoms with van der Waals surface area (Å²) in [7, 11) is 3.07. The van der Waals surface area contributed by atoms with Crippen molar-refractivity contribution in [2.75, 3.05) is 20.8 Å². The number of rotatable bonds is 12. The predicted molar refractivity (Wildman–Crippen MR) is 149 cm³/mol. The van der Waals surface area contributed by atoms with E-state index in [0.717, 1.165) is 17.5 Å². The zero-order valence-corrected chi connectivity index (χ0v) is 22.8. The largest absolute Gasteiger partial charge is 0.493 e. The SMILES string of the molecule is COc1cccc(C(C(=O)NCCC(C)C)N(Cc2ccccc2)C(=O)Cn2nnc3ccccc32)c1OC. The summed E-state index contributed by atoms with van der Waals surface area (Å²) in [4.78, 5) is 29.6. The topological polar surface area (TPSA) is 98.6 Å². The summed E-state index contributed by atoms with van der Waals surface area (Å²) in [5, 5.41) is 11.4. The van der Waals surface area contributed by atoms with Crippen LogP contribution in [0.25, 0.3) is 11.0 Å². The van der Waals surface area contributed by atoms with Crippen LogP contribution >= 0.6 is 0 Å². The highest BCUT2D eigenvalue weighted by Crippen LogP contribution is 2.38. The van der Waals surface area contributed by atoms with Gasteiger partial charge in [-0.25, -0.2) is 4.68 Å². The minimum Gasteiger partial charge on any atom is -0.493 e. The number of methoxy groups -OCH3 is 2. The van der Waals surface area contributed by atoms with Crippen molar-refractivity contribution in [1.29, 1.82) is 0 Å². The molecule has 4 rings (SSSR count). The Bertz CT molecular complexity index is 1400. The summed E-state index contributed by atoms with van der Waals surface area (Å²) in [5.74, 6) is 0.710. The molecule has 39 heavy (non-hydrogen) atoms. The molecule has 1 unspecified atom stereocenters. The van der Waals surface area contributed by atoms with Crippen LogP contribution in [0.1, 0.15) is 37.4 Å². The molecule has 0 radical (unpaired) electrons. The Kier molecular flexibility index (Phi) is 9.14. The van der Waals surface area contributed by atoms with Gasteiger partial charge in [0, 0.05) is 18.7 Å². The van der Waals surface area contributed by atoms with Gasteiger partial charge in [-0.3, -0.25) is 9.59 Å². The molecule has 0 aliphatic carbocycles. The van der Waals surface area contributed by atoms with Gasteiger partial charge in [-0.05, 0) is 36.1 Å². The number of nitrogens with one attached hydrogen (secondary N) is 1. The summed E-state index contributed by atoms with van der Waals surface area (Å²) >= 11 is 0. The number of nitrogens with zero attached hydrogens (tertiary/aromatic N) is 4. The minimum atomic E-state index is -0.982. The van der Waals surface area contributed by atoms with E-state index in [1.165, 1.54) is 7.11 Å². The molecular formula is C30H35N5O4. The fourth-order valence-corrected chi connectivity index (χ4v) is 4.52. The van der Waals surface area contributed by atoms with E-state index in [1.54, 1.807) is 34.9 Å². The lowest BCUT2D eigenvalue weighted by Gasteiger charge is -2.32. The molecule has 1 N–H and O–H groups in total. The number of carbonyl (C=O) groups excluding carboxylic acids is 2. The van der Waals surface area contributed by atoms with Crippen LogP contribution in [-0.2, 0) is 22.7 Å². The molecule has 1 aromatic heterocycles. The number of fused-ring (bicyclic) bond motifs is 1. The average Bonchev–Trinajstić information content (AvgIpc) is 3.35. The van der Waals surface area contributed by atoms with Gasteiger partial charge in [-0.15, -0.1) is 5.10 Å². The number of para-hydroxylation sites is 2. The summed E-state index contributed by atoms with van der Waals surface area (Å²) in [6.07, 6.45) is 0.811. The van der Waals surface area contributed by atoms with E-state index < -0.39 is 6.04 Å². The third-order valence-electron chi connectivity index (χ3n) is 6.53. The predicted octanol–water partition coefficient (Wildman–Crippen LogP) is 4.38. The van der Waals surface area contributed by atoms with E-state index in [4.69, 9.17) is 9.47 Å². The maximum Gasteiger partial charge on any atom is 0.247 e. The third-order valence-corrected chi connectivity index (χ3v) is 6.53. The Morgan fingerprint density at radius 3 is 2.41 bits per heavy atom. The van der Waals surface area contributed by atoms with E-state index in [0.29, 0.717) is 35.0 Å². The van der Waals surface area contributed by atoms with Crippen molar-refractivity contribution in [2.45, 2.75) is 39.4 Å². The zero-order chi connectivity index (χ0) is 27.8. The average molecular weight is 530 g/mol. The van der Waals surface area contributed by atoms with Crippen LogP contribution < -0.4 is 14.8 Å². The maximum absolute atomic E-state index is 14.1. The van der Waals surface area contributed by atoms with Crippen LogP contribution in [0.4, 0.5) is 0 Å². The van der Waals surface area contributed by atoms with Gasteiger partial charge >= 0.3 is 0 Å². The molecule has 0 bridgehead atoms. The number of amides is 2. The molecular weight excluding hydrogens is 494 g/mol. The zero-order valence-electron chi connectivity index (χ0n) is 22.8. The molecule has 1 heterocycles. The van der Waals surface area contributed by atoms with E-state index in [9.17, 15) is 9.59 Å². The summed E-state index contributed by atoms with van der Waals surface area (Å²) in [5.41, 5.74) is 2.85. The molecule has 9 nitrogen and oxygen atoms in total. The molecule has 0 aliphatic rings. The van der Waals surface area contributed by atoms with Gasteiger partial charge in [0.1, 0.15) is 18.1 Å². The molecule has 0 fully saturated rings. The highest BCUT2D eigenvalue weighted by molar-refractivity contribution is 5.90. The molecule has 0 saturated carbocycles. The lowest BCUT2D eigenvalue weighted by molar-refractivity contribution is -0.142. The van der Waals surface area contributed by atoms with Gasteiger partial charge in [0.05, 0.1) is 19.7 Å². The first-order chi connectivity index (χ1) is 18.9. The Balaban J connectivity index is 1.79. The van der Waals surface area contributed by atoms with Crippen molar-refractivity contribution < 1.29 is 19.1 Å². The van der Waals surface area contributed by atoms with Gasteiger partial charge < -0.3 is 19.7 Å². The van der Waals surface area contributed by atoms with Gasteiger partial charge in [-0.2, -0.15) is 0 Å². The number of hydrogen-bond donors (Lipinski definition) is 1. The first-order valence-electron chi connectivity index (χ1n) is 13.0. The van der Waals surface area contributed by atoms with E-state index in [-0.39, 0.29) is 24.9 Å². The minimum absolute atomic E-state index is 0.0879. The van der Waals surface area contributed by atoms with Crippen molar-refractivity contribution >= 4 is 22.8 Å². The second-order valence-corrected chi connectivity index (χ2v) is 9.70. The van der Waals surface area contributed by atoms with Crippen LogP contribution in [0.5, 0.6) is 11.5 Å². The van der Waals surface area contributed by atoms with Crippen LogP contribution in [0.15, 0.2) is 72.8 Å². The maximum atomic E-state index is 14.1. The second-order valence-electron chi connectivity index (χ2n) is 9.70.